The van der Waals surface area contributed by atoms with Crippen LogP contribution in [0.2, 0.25) is 0 Å². The summed E-state index contributed by atoms with van der Waals surface area (Å²) in [6.45, 7) is 0.515. The standard InChI is InChI=1S/C23H17BrN6O2/c24-16-4-5-19-17(13-16)18(14-20(27-19)15-6-8-25-9-7-15)22(31)26-10-12-30-23(32)29-11-2-1-3-21(29)28-30/h1-9,11,13-14H,10,12H2,(H,26,31). The minimum atomic E-state index is -0.248. The molecule has 0 unspecified atom stereocenters. The lowest BCUT2D eigenvalue weighted by Gasteiger charge is -2.11. The molecule has 0 aliphatic rings. The third-order valence-electron chi connectivity index (χ3n) is 5.09. The van der Waals surface area contributed by atoms with Crippen molar-refractivity contribution in [3.8, 4) is 11.3 Å². The van der Waals surface area contributed by atoms with Crippen molar-refractivity contribution in [3.05, 3.63) is 93.7 Å². The van der Waals surface area contributed by atoms with Crippen molar-refractivity contribution in [2.75, 3.05) is 6.54 Å². The molecule has 158 valence electrons. The van der Waals surface area contributed by atoms with Gasteiger partial charge in [0.2, 0.25) is 0 Å². The minimum Gasteiger partial charge on any atom is -0.350 e. The molecule has 0 saturated carbocycles. The zero-order chi connectivity index (χ0) is 22.1. The summed E-state index contributed by atoms with van der Waals surface area (Å²) >= 11 is 3.47. The second kappa shape index (κ2) is 8.35. The molecule has 0 spiro atoms. The number of halogens is 1. The Hall–Kier alpha value is -3.85. The maximum absolute atomic E-state index is 13.1. The molecule has 0 fully saturated rings. The Morgan fingerprint density at radius 3 is 2.72 bits per heavy atom. The zero-order valence-electron chi connectivity index (χ0n) is 16.8. The number of pyridine rings is 3. The van der Waals surface area contributed by atoms with Crippen LogP contribution in [0.1, 0.15) is 10.4 Å². The average Bonchev–Trinajstić information content (AvgIpc) is 3.14. The van der Waals surface area contributed by atoms with Gasteiger partial charge in [0, 0.05) is 40.6 Å². The predicted octanol–water partition coefficient (Wildman–Crippen LogP) is 3.30. The lowest BCUT2D eigenvalue weighted by Crippen LogP contribution is -2.31. The SMILES string of the molecule is O=C(NCCn1nc2ccccn2c1=O)c1cc(-c2ccncc2)nc2ccc(Br)cc12. The normalized spacial score (nSPS) is 11.2. The summed E-state index contributed by atoms with van der Waals surface area (Å²) in [6, 6.07) is 16.5. The van der Waals surface area contributed by atoms with Crippen LogP contribution >= 0.6 is 15.9 Å². The number of nitrogens with one attached hydrogen (secondary N) is 1. The monoisotopic (exact) mass is 488 g/mol. The molecule has 9 heteroatoms. The number of carbonyl (C=O) groups is 1. The van der Waals surface area contributed by atoms with E-state index in [0.717, 1.165) is 15.4 Å². The quantitative estimate of drug-likeness (QED) is 0.409. The first-order chi connectivity index (χ1) is 15.6. The first-order valence-electron chi connectivity index (χ1n) is 9.93. The zero-order valence-corrected chi connectivity index (χ0v) is 18.4. The van der Waals surface area contributed by atoms with Gasteiger partial charge in [-0.3, -0.25) is 14.2 Å². The average molecular weight is 489 g/mol. The Morgan fingerprint density at radius 2 is 1.91 bits per heavy atom. The van der Waals surface area contributed by atoms with Crippen molar-refractivity contribution in [2.24, 2.45) is 0 Å². The fourth-order valence-corrected chi connectivity index (χ4v) is 3.90. The summed E-state index contributed by atoms with van der Waals surface area (Å²) < 4.78 is 3.67. The number of aromatic nitrogens is 5. The van der Waals surface area contributed by atoms with Crippen LogP contribution in [0, 0.1) is 0 Å². The molecule has 32 heavy (non-hydrogen) atoms. The lowest BCUT2D eigenvalue weighted by atomic mass is 10.0. The molecule has 5 aromatic rings. The summed E-state index contributed by atoms with van der Waals surface area (Å²) in [5.41, 5.74) is 3.10. The number of hydrogen-bond donors (Lipinski definition) is 1. The lowest BCUT2D eigenvalue weighted by molar-refractivity contribution is 0.0953. The van der Waals surface area contributed by atoms with E-state index in [1.807, 2.05) is 36.4 Å². The van der Waals surface area contributed by atoms with Gasteiger partial charge in [-0.25, -0.2) is 14.5 Å². The Morgan fingerprint density at radius 1 is 1.06 bits per heavy atom. The van der Waals surface area contributed by atoms with Crippen molar-refractivity contribution in [3.63, 3.8) is 0 Å². The highest BCUT2D eigenvalue weighted by Gasteiger charge is 2.15. The third-order valence-corrected chi connectivity index (χ3v) is 5.58. The number of amides is 1. The van der Waals surface area contributed by atoms with Crippen molar-refractivity contribution < 1.29 is 4.79 Å². The molecule has 0 saturated heterocycles. The van der Waals surface area contributed by atoms with Crippen LogP contribution in [-0.4, -0.2) is 36.6 Å². The second-order valence-corrected chi connectivity index (χ2v) is 8.06. The van der Waals surface area contributed by atoms with Gasteiger partial charge in [-0.1, -0.05) is 22.0 Å². The molecule has 5 rings (SSSR count). The van der Waals surface area contributed by atoms with Crippen molar-refractivity contribution in [1.82, 2.24) is 29.5 Å². The molecule has 8 nitrogen and oxygen atoms in total. The van der Waals surface area contributed by atoms with Gasteiger partial charge in [0.25, 0.3) is 5.91 Å². The molecule has 4 aromatic heterocycles. The topological polar surface area (TPSA) is 94.2 Å². The van der Waals surface area contributed by atoms with E-state index in [4.69, 9.17) is 4.98 Å². The number of nitrogens with zero attached hydrogens (tertiary/aromatic N) is 5. The van der Waals surface area contributed by atoms with E-state index >= 15 is 0 Å². The van der Waals surface area contributed by atoms with Crippen LogP contribution in [0.15, 0.2) is 82.5 Å². The largest absolute Gasteiger partial charge is 0.350 e. The van der Waals surface area contributed by atoms with Gasteiger partial charge in [0.15, 0.2) is 5.65 Å². The Labute approximate surface area is 190 Å². The van der Waals surface area contributed by atoms with Gasteiger partial charge in [-0.05, 0) is 48.5 Å². The number of hydrogen-bond acceptors (Lipinski definition) is 5. The summed E-state index contributed by atoms with van der Waals surface area (Å²) in [7, 11) is 0. The van der Waals surface area contributed by atoms with Crippen LogP contribution in [0.25, 0.3) is 27.8 Å². The van der Waals surface area contributed by atoms with Crippen LogP contribution in [0.5, 0.6) is 0 Å². The summed E-state index contributed by atoms with van der Waals surface area (Å²) in [5.74, 6) is -0.248. The molecule has 0 radical (unpaired) electrons. The minimum absolute atomic E-state index is 0.242. The second-order valence-electron chi connectivity index (χ2n) is 7.14. The van der Waals surface area contributed by atoms with Gasteiger partial charge in [-0.2, -0.15) is 0 Å². The van der Waals surface area contributed by atoms with Gasteiger partial charge in [0.05, 0.1) is 23.3 Å². The van der Waals surface area contributed by atoms with Crippen LogP contribution in [-0.2, 0) is 6.54 Å². The highest BCUT2D eigenvalue weighted by Crippen LogP contribution is 2.27. The van der Waals surface area contributed by atoms with Crippen LogP contribution < -0.4 is 11.0 Å². The van der Waals surface area contributed by atoms with Crippen LogP contribution in [0.3, 0.4) is 0 Å². The molecular formula is C23H17BrN6O2. The van der Waals surface area contributed by atoms with Crippen LogP contribution in [0.4, 0.5) is 0 Å². The van der Waals surface area contributed by atoms with E-state index < -0.39 is 0 Å². The van der Waals surface area contributed by atoms with Gasteiger partial charge >= 0.3 is 5.69 Å². The van der Waals surface area contributed by atoms with E-state index in [0.29, 0.717) is 22.4 Å². The first kappa shape index (κ1) is 20.1. The number of benzene rings is 1. The van der Waals surface area contributed by atoms with E-state index in [1.54, 1.807) is 36.8 Å². The molecule has 1 aromatic carbocycles. The van der Waals surface area contributed by atoms with Gasteiger partial charge in [-0.15, -0.1) is 5.10 Å². The van der Waals surface area contributed by atoms with Crippen molar-refractivity contribution >= 4 is 38.4 Å². The molecule has 0 aliphatic heterocycles. The maximum Gasteiger partial charge on any atom is 0.350 e. The fraction of sp³-hybridized carbons (Fsp3) is 0.0870. The Balaban J connectivity index is 1.43. The van der Waals surface area contributed by atoms with Crippen molar-refractivity contribution in [1.29, 1.82) is 0 Å². The molecule has 1 amide bonds. The highest BCUT2D eigenvalue weighted by molar-refractivity contribution is 9.10. The Kier molecular flexibility index (Phi) is 5.24. The van der Waals surface area contributed by atoms with E-state index in [-0.39, 0.29) is 24.7 Å². The summed E-state index contributed by atoms with van der Waals surface area (Å²) in [4.78, 5) is 34.3. The Bertz CT molecular complexity index is 1510. The maximum atomic E-state index is 13.1. The van der Waals surface area contributed by atoms with Crippen molar-refractivity contribution in [2.45, 2.75) is 6.54 Å². The number of fused-ring (bicyclic) bond motifs is 2. The number of carbonyl (C=O) groups excluding carboxylic acids is 1. The van der Waals surface area contributed by atoms with E-state index in [9.17, 15) is 9.59 Å². The molecule has 0 atom stereocenters. The molecule has 0 bridgehead atoms. The van der Waals surface area contributed by atoms with Gasteiger partial charge in [0.1, 0.15) is 0 Å². The third kappa shape index (κ3) is 3.78. The highest BCUT2D eigenvalue weighted by atomic mass is 79.9. The first-order valence-corrected chi connectivity index (χ1v) is 10.7. The van der Waals surface area contributed by atoms with E-state index in [2.05, 4.69) is 31.3 Å². The smallest absolute Gasteiger partial charge is 0.350 e. The van der Waals surface area contributed by atoms with E-state index in [1.165, 1.54) is 9.08 Å². The summed E-state index contributed by atoms with van der Waals surface area (Å²) in [5, 5.41) is 7.93. The predicted molar refractivity (Wildman–Crippen MR) is 124 cm³/mol. The molecule has 0 aliphatic carbocycles. The summed E-state index contributed by atoms with van der Waals surface area (Å²) in [6.07, 6.45) is 5.05. The van der Waals surface area contributed by atoms with Gasteiger partial charge < -0.3 is 5.32 Å². The molecule has 4 heterocycles. The molecular weight excluding hydrogens is 472 g/mol. The fourth-order valence-electron chi connectivity index (χ4n) is 3.54. The molecule has 1 N–H and O–H groups in total. The number of rotatable bonds is 5.